The van der Waals surface area contributed by atoms with Crippen molar-refractivity contribution in [1.29, 1.82) is 0 Å². The lowest BCUT2D eigenvalue weighted by Crippen LogP contribution is -2.03. The van der Waals surface area contributed by atoms with Crippen LogP contribution in [0, 0.1) is 5.92 Å². The van der Waals surface area contributed by atoms with Gasteiger partial charge in [0.25, 0.3) is 0 Å². The zero-order chi connectivity index (χ0) is 6.69. The molecular weight excluding hydrogens is 112 g/mol. The van der Waals surface area contributed by atoms with E-state index in [1.165, 1.54) is 12.8 Å². The molecule has 0 heterocycles. The van der Waals surface area contributed by atoms with Gasteiger partial charge in [0.1, 0.15) is 0 Å². The molecule has 9 heavy (non-hydrogen) atoms. The molecule has 0 fully saturated rings. The fraction of sp³-hybridized carbons (Fsp3) is 0.750. The van der Waals surface area contributed by atoms with Crippen LogP contribution in [0.4, 0.5) is 0 Å². The Balaban J connectivity index is 2.36. The zero-order valence-corrected chi connectivity index (χ0v) is 5.93. The Kier molecular flexibility index (Phi) is 2.15. The Bertz CT molecular complexity index is 116. The average molecular weight is 126 g/mol. The van der Waals surface area contributed by atoms with Gasteiger partial charge in [0.15, 0.2) is 0 Å². The summed E-state index contributed by atoms with van der Waals surface area (Å²) < 4.78 is 0. The molecule has 0 aromatic carbocycles. The lowest BCUT2D eigenvalue weighted by Gasteiger charge is -2.16. The van der Waals surface area contributed by atoms with Crippen LogP contribution in [-0.2, 0) is 0 Å². The van der Waals surface area contributed by atoms with E-state index in [1.54, 1.807) is 0 Å². The van der Waals surface area contributed by atoms with Crippen LogP contribution in [0.5, 0.6) is 0 Å². The maximum Gasteiger partial charge on any atom is 0.0883 e. The van der Waals surface area contributed by atoms with Crippen LogP contribution in [0.3, 0.4) is 0 Å². The second-order valence-corrected chi connectivity index (χ2v) is 2.74. The predicted octanol–water partition coefficient (Wildman–Crippen LogP) is 2.64. The van der Waals surface area contributed by atoms with Crippen LogP contribution in [-0.4, -0.2) is 5.11 Å². The predicted molar refractivity (Wildman–Crippen MR) is 38.3 cm³/mol. The minimum Gasteiger partial charge on any atom is -0.513 e. The largest absolute Gasteiger partial charge is 0.513 e. The van der Waals surface area contributed by atoms with Crippen LogP contribution >= 0.6 is 0 Å². The normalized spacial score (nSPS) is 27.7. The van der Waals surface area contributed by atoms with Crippen LogP contribution in [0.25, 0.3) is 0 Å². The molecule has 0 bridgehead atoms. The molecule has 0 radical (unpaired) electrons. The Morgan fingerprint density at radius 3 is 3.00 bits per heavy atom. The van der Waals surface area contributed by atoms with Gasteiger partial charge in [-0.15, -0.1) is 0 Å². The third-order valence-electron chi connectivity index (χ3n) is 2.07. The van der Waals surface area contributed by atoms with Crippen molar-refractivity contribution in [2.75, 3.05) is 0 Å². The summed E-state index contributed by atoms with van der Waals surface area (Å²) in [5, 5.41) is 8.98. The van der Waals surface area contributed by atoms with E-state index in [-0.39, 0.29) is 0 Å². The smallest absolute Gasteiger partial charge is 0.0883 e. The van der Waals surface area contributed by atoms with Gasteiger partial charge in [0, 0.05) is 6.42 Å². The highest BCUT2D eigenvalue weighted by Crippen LogP contribution is 2.23. The molecule has 1 nitrogen and oxygen atoms in total. The highest BCUT2D eigenvalue weighted by Gasteiger charge is 2.10. The third kappa shape index (κ3) is 1.74. The Hall–Kier alpha value is -0.460. The number of hydrogen-bond donors (Lipinski definition) is 1. The summed E-state index contributed by atoms with van der Waals surface area (Å²) >= 11 is 0. The molecular formula is C8H14O. The number of aliphatic hydroxyl groups is 1. The first-order chi connectivity index (χ1) is 4.33. The standard InChI is InChI=1S/C8H14O/c1-2-7-3-5-8(9)6-4-7/h5,7,9H,2-4,6H2,1H3. The van der Waals surface area contributed by atoms with Gasteiger partial charge in [-0.1, -0.05) is 13.3 Å². The molecule has 0 saturated heterocycles. The molecule has 0 amide bonds. The molecule has 1 rings (SSSR count). The van der Waals surface area contributed by atoms with Crippen molar-refractivity contribution < 1.29 is 5.11 Å². The summed E-state index contributed by atoms with van der Waals surface area (Å²) in [6, 6.07) is 0. The molecule has 1 atom stereocenters. The van der Waals surface area contributed by atoms with E-state index >= 15 is 0 Å². The summed E-state index contributed by atoms with van der Waals surface area (Å²) in [6.07, 6.45) is 6.38. The highest BCUT2D eigenvalue weighted by atomic mass is 16.3. The molecule has 0 spiro atoms. The lowest BCUT2D eigenvalue weighted by atomic mass is 9.91. The van der Waals surface area contributed by atoms with E-state index < -0.39 is 0 Å². The third-order valence-corrected chi connectivity index (χ3v) is 2.07. The van der Waals surface area contributed by atoms with E-state index in [9.17, 15) is 0 Å². The van der Waals surface area contributed by atoms with Crippen LogP contribution in [0.2, 0.25) is 0 Å². The first kappa shape index (κ1) is 6.66. The molecule has 0 aliphatic heterocycles. The van der Waals surface area contributed by atoms with Gasteiger partial charge >= 0.3 is 0 Å². The summed E-state index contributed by atoms with van der Waals surface area (Å²) in [4.78, 5) is 0. The van der Waals surface area contributed by atoms with Gasteiger partial charge in [-0.3, -0.25) is 0 Å². The van der Waals surface area contributed by atoms with E-state index in [4.69, 9.17) is 5.11 Å². The first-order valence-corrected chi connectivity index (χ1v) is 3.71. The Labute approximate surface area is 56.4 Å². The summed E-state index contributed by atoms with van der Waals surface area (Å²) in [5.41, 5.74) is 0. The number of allylic oxidation sites excluding steroid dienone is 2. The van der Waals surface area contributed by atoms with E-state index in [0.29, 0.717) is 5.76 Å². The van der Waals surface area contributed by atoms with E-state index in [2.05, 4.69) is 6.92 Å². The van der Waals surface area contributed by atoms with Gasteiger partial charge in [0.2, 0.25) is 0 Å². The SMILES string of the molecule is CCC1CC=C(O)CC1. The minimum atomic E-state index is 0.597. The molecule has 1 heteroatoms. The molecule has 0 aromatic heterocycles. The van der Waals surface area contributed by atoms with Crippen molar-refractivity contribution in [3.05, 3.63) is 11.8 Å². The minimum absolute atomic E-state index is 0.597. The first-order valence-electron chi connectivity index (χ1n) is 3.71. The van der Waals surface area contributed by atoms with Crippen molar-refractivity contribution in [3.8, 4) is 0 Å². The second kappa shape index (κ2) is 2.90. The Morgan fingerprint density at radius 2 is 2.56 bits per heavy atom. The molecule has 1 N–H and O–H groups in total. The quantitative estimate of drug-likeness (QED) is 0.572. The summed E-state index contributed by atoms with van der Waals surface area (Å²) in [7, 11) is 0. The lowest BCUT2D eigenvalue weighted by molar-refractivity contribution is 0.332. The number of hydrogen-bond acceptors (Lipinski definition) is 1. The van der Waals surface area contributed by atoms with Crippen LogP contribution in [0.1, 0.15) is 32.6 Å². The maximum atomic E-state index is 8.98. The molecule has 1 unspecified atom stereocenters. The molecule has 1 aliphatic carbocycles. The van der Waals surface area contributed by atoms with Crippen molar-refractivity contribution in [2.24, 2.45) is 5.92 Å². The van der Waals surface area contributed by atoms with Crippen LogP contribution in [0.15, 0.2) is 11.8 Å². The van der Waals surface area contributed by atoms with Crippen molar-refractivity contribution in [3.63, 3.8) is 0 Å². The maximum absolute atomic E-state index is 8.98. The Morgan fingerprint density at radius 1 is 1.78 bits per heavy atom. The topological polar surface area (TPSA) is 20.2 Å². The van der Waals surface area contributed by atoms with Gasteiger partial charge in [-0.2, -0.15) is 0 Å². The van der Waals surface area contributed by atoms with Crippen molar-refractivity contribution in [2.45, 2.75) is 32.6 Å². The van der Waals surface area contributed by atoms with E-state index in [0.717, 1.165) is 18.8 Å². The van der Waals surface area contributed by atoms with Crippen LogP contribution < -0.4 is 0 Å². The summed E-state index contributed by atoms with van der Waals surface area (Å²) in [5.74, 6) is 1.43. The van der Waals surface area contributed by atoms with E-state index in [1.807, 2.05) is 6.08 Å². The molecule has 52 valence electrons. The number of rotatable bonds is 1. The van der Waals surface area contributed by atoms with Crippen molar-refractivity contribution in [1.82, 2.24) is 0 Å². The van der Waals surface area contributed by atoms with Gasteiger partial charge in [0.05, 0.1) is 5.76 Å². The van der Waals surface area contributed by atoms with Gasteiger partial charge < -0.3 is 5.11 Å². The highest BCUT2D eigenvalue weighted by molar-refractivity contribution is 4.96. The van der Waals surface area contributed by atoms with Crippen molar-refractivity contribution >= 4 is 0 Å². The molecule has 0 aromatic rings. The van der Waals surface area contributed by atoms with Gasteiger partial charge in [-0.05, 0) is 24.8 Å². The molecule has 1 aliphatic rings. The zero-order valence-electron chi connectivity index (χ0n) is 5.93. The summed E-state index contributed by atoms with van der Waals surface area (Å²) in [6.45, 7) is 2.21. The fourth-order valence-corrected chi connectivity index (χ4v) is 1.25. The monoisotopic (exact) mass is 126 g/mol. The average Bonchev–Trinajstić information content (AvgIpc) is 1.90. The van der Waals surface area contributed by atoms with Gasteiger partial charge in [-0.25, -0.2) is 0 Å². The second-order valence-electron chi connectivity index (χ2n) is 2.74. The number of aliphatic hydroxyl groups excluding tert-OH is 1. The molecule has 0 saturated carbocycles. The fourth-order valence-electron chi connectivity index (χ4n) is 1.25.